The predicted octanol–water partition coefficient (Wildman–Crippen LogP) is 1.61. The van der Waals surface area contributed by atoms with Gasteiger partial charge in [0.05, 0.1) is 13.2 Å². The highest BCUT2D eigenvalue weighted by molar-refractivity contribution is 6.13. The molecule has 1 atom stereocenters. The number of hydrogen-bond donors (Lipinski definition) is 0. The van der Waals surface area contributed by atoms with Crippen molar-refractivity contribution in [3.05, 3.63) is 41.5 Å². The number of hydrogen-bond acceptors (Lipinski definition) is 3. The van der Waals surface area contributed by atoms with E-state index in [2.05, 4.69) is 0 Å². The molecule has 0 spiro atoms. The van der Waals surface area contributed by atoms with Gasteiger partial charge in [-0.2, -0.15) is 0 Å². The molecule has 2 amide bonds. The second-order valence-corrected chi connectivity index (χ2v) is 4.47. The lowest BCUT2D eigenvalue weighted by Gasteiger charge is -2.24. The van der Waals surface area contributed by atoms with E-state index in [0.29, 0.717) is 0 Å². The molecule has 0 unspecified atom stereocenters. The van der Waals surface area contributed by atoms with Crippen molar-refractivity contribution < 1.29 is 14.3 Å². The summed E-state index contributed by atoms with van der Waals surface area (Å²) in [6.45, 7) is 0. The number of carbonyl (C=O) groups excluding carboxylic acids is 2. The van der Waals surface area contributed by atoms with Crippen LogP contribution in [-0.2, 0) is 16.0 Å². The first kappa shape index (κ1) is 11.0. The fourth-order valence-corrected chi connectivity index (χ4v) is 2.78. The number of aryl methyl sites for hydroxylation is 1. The monoisotopic (exact) mass is 243 g/mol. The van der Waals surface area contributed by atoms with Crippen molar-refractivity contribution >= 4 is 11.8 Å². The van der Waals surface area contributed by atoms with E-state index < -0.39 is 0 Å². The highest BCUT2D eigenvalue weighted by atomic mass is 16.5. The third kappa shape index (κ3) is 1.45. The highest BCUT2D eigenvalue weighted by Gasteiger charge is 2.37. The van der Waals surface area contributed by atoms with E-state index in [0.717, 1.165) is 29.7 Å². The van der Waals surface area contributed by atoms with Crippen molar-refractivity contribution in [2.45, 2.75) is 18.9 Å². The summed E-state index contributed by atoms with van der Waals surface area (Å²) in [5.74, 6) is 0.287. The largest absolute Gasteiger partial charge is 0.496 e. The Bertz CT molecular complexity index is 544. The predicted molar refractivity (Wildman–Crippen MR) is 65.0 cm³/mol. The molecular weight excluding hydrogens is 230 g/mol. The van der Waals surface area contributed by atoms with E-state index in [4.69, 9.17) is 4.74 Å². The first-order chi connectivity index (χ1) is 8.72. The second kappa shape index (κ2) is 3.98. The van der Waals surface area contributed by atoms with Crippen LogP contribution < -0.4 is 4.74 Å². The minimum absolute atomic E-state index is 0.189. The lowest BCUT2D eigenvalue weighted by atomic mass is 10.1. The Morgan fingerprint density at radius 2 is 1.94 bits per heavy atom. The van der Waals surface area contributed by atoms with Crippen molar-refractivity contribution in [1.29, 1.82) is 0 Å². The van der Waals surface area contributed by atoms with Crippen molar-refractivity contribution in [3.8, 4) is 5.75 Å². The molecule has 0 fully saturated rings. The van der Waals surface area contributed by atoms with Crippen LogP contribution in [0.5, 0.6) is 5.75 Å². The fraction of sp³-hybridized carbons (Fsp3) is 0.286. The highest BCUT2D eigenvalue weighted by Crippen LogP contribution is 2.42. The van der Waals surface area contributed by atoms with Gasteiger partial charge in [0.15, 0.2) is 0 Å². The number of amides is 2. The van der Waals surface area contributed by atoms with Crippen molar-refractivity contribution in [2.75, 3.05) is 7.11 Å². The normalized spacial score (nSPS) is 21.6. The number of imide groups is 1. The Morgan fingerprint density at radius 3 is 2.61 bits per heavy atom. The lowest BCUT2D eigenvalue weighted by Crippen LogP contribution is -2.33. The molecule has 4 heteroatoms. The Hall–Kier alpha value is -2.10. The van der Waals surface area contributed by atoms with E-state index in [1.807, 2.05) is 18.2 Å². The maximum absolute atomic E-state index is 11.8. The lowest BCUT2D eigenvalue weighted by molar-refractivity contribution is -0.139. The van der Waals surface area contributed by atoms with Crippen molar-refractivity contribution in [1.82, 2.24) is 4.90 Å². The average Bonchev–Trinajstić information content (AvgIpc) is 2.93. The van der Waals surface area contributed by atoms with Gasteiger partial charge in [-0.05, 0) is 24.5 Å². The fourth-order valence-electron chi connectivity index (χ4n) is 2.78. The van der Waals surface area contributed by atoms with Crippen LogP contribution in [0.15, 0.2) is 30.4 Å². The van der Waals surface area contributed by atoms with Gasteiger partial charge in [-0.25, -0.2) is 0 Å². The number of benzene rings is 1. The minimum Gasteiger partial charge on any atom is -0.496 e. The van der Waals surface area contributed by atoms with Gasteiger partial charge < -0.3 is 4.74 Å². The molecule has 0 bridgehead atoms. The molecule has 92 valence electrons. The zero-order valence-electron chi connectivity index (χ0n) is 10.1. The Labute approximate surface area is 105 Å². The van der Waals surface area contributed by atoms with Gasteiger partial charge >= 0.3 is 0 Å². The van der Waals surface area contributed by atoms with Crippen molar-refractivity contribution in [3.63, 3.8) is 0 Å². The molecular formula is C14H13NO3. The molecule has 1 aliphatic carbocycles. The second-order valence-electron chi connectivity index (χ2n) is 4.47. The molecule has 1 heterocycles. The quantitative estimate of drug-likeness (QED) is 0.741. The summed E-state index contributed by atoms with van der Waals surface area (Å²) in [7, 11) is 1.61. The van der Waals surface area contributed by atoms with Gasteiger partial charge in [-0.1, -0.05) is 12.1 Å². The van der Waals surface area contributed by atoms with Crippen LogP contribution in [0.3, 0.4) is 0 Å². The van der Waals surface area contributed by atoms with Crippen LogP contribution in [0, 0.1) is 0 Å². The van der Waals surface area contributed by atoms with Crippen LogP contribution in [0.2, 0.25) is 0 Å². The summed E-state index contributed by atoms with van der Waals surface area (Å²) in [4.78, 5) is 24.8. The standard InChI is InChI=1S/C14H13NO3/c1-18-11-4-2-3-9-5-6-10(14(9)11)15-12(16)7-8-13(15)17/h2-4,7-8,10H,5-6H2,1H3/t10-/m0/s1. The number of nitrogens with zero attached hydrogens (tertiary/aromatic N) is 1. The topological polar surface area (TPSA) is 46.6 Å². The number of methoxy groups -OCH3 is 1. The maximum atomic E-state index is 11.8. The molecule has 4 nitrogen and oxygen atoms in total. The van der Waals surface area contributed by atoms with Crippen LogP contribution in [-0.4, -0.2) is 23.8 Å². The molecule has 2 aliphatic rings. The molecule has 0 radical (unpaired) electrons. The van der Waals surface area contributed by atoms with E-state index in [1.165, 1.54) is 17.1 Å². The summed E-state index contributed by atoms with van der Waals surface area (Å²) >= 11 is 0. The Morgan fingerprint density at radius 1 is 1.22 bits per heavy atom. The zero-order valence-corrected chi connectivity index (χ0v) is 10.1. The molecule has 3 rings (SSSR count). The zero-order chi connectivity index (χ0) is 12.7. The number of rotatable bonds is 2. The van der Waals surface area contributed by atoms with Crippen LogP contribution >= 0.6 is 0 Å². The molecule has 1 aliphatic heterocycles. The van der Waals surface area contributed by atoms with E-state index in [-0.39, 0.29) is 17.9 Å². The third-order valence-electron chi connectivity index (χ3n) is 3.55. The maximum Gasteiger partial charge on any atom is 0.254 e. The molecule has 1 aromatic rings. The number of ether oxygens (including phenoxy) is 1. The van der Waals surface area contributed by atoms with Gasteiger partial charge in [0, 0.05) is 17.7 Å². The minimum atomic E-state index is -0.233. The van der Waals surface area contributed by atoms with Crippen LogP contribution in [0.25, 0.3) is 0 Å². The number of fused-ring (bicyclic) bond motifs is 1. The van der Waals surface area contributed by atoms with E-state index in [1.54, 1.807) is 7.11 Å². The molecule has 1 aromatic carbocycles. The van der Waals surface area contributed by atoms with Gasteiger partial charge in [-0.3, -0.25) is 14.5 Å². The van der Waals surface area contributed by atoms with E-state index >= 15 is 0 Å². The first-order valence-corrected chi connectivity index (χ1v) is 5.93. The van der Waals surface area contributed by atoms with Crippen molar-refractivity contribution in [2.24, 2.45) is 0 Å². The van der Waals surface area contributed by atoms with E-state index in [9.17, 15) is 9.59 Å². The smallest absolute Gasteiger partial charge is 0.254 e. The van der Waals surface area contributed by atoms with Crippen LogP contribution in [0.1, 0.15) is 23.6 Å². The van der Waals surface area contributed by atoms with Gasteiger partial charge in [0.2, 0.25) is 0 Å². The van der Waals surface area contributed by atoms with Crippen LogP contribution in [0.4, 0.5) is 0 Å². The SMILES string of the molecule is COc1cccc2c1[C@@H](N1C(=O)C=CC1=O)CC2. The summed E-state index contributed by atoms with van der Waals surface area (Å²) in [6, 6.07) is 5.64. The summed E-state index contributed by atoms with van der Waals surface area (Å²) in [6.07, 6.45) is 4.30. The summed E-state index contributed by atoms with van der Waals surface area (Å²) in [5.41, 5.74) is 2.14. The summed E-state index contributed by atoms with van der Waals surface area (Å²) < 4.78 is 5.35. The number of carbonyl (C=O) groups is 2. The average molecular weight is 243 g/mol. The molecule has 18 heavy (non-hydrogen) atoms. The Kier molecular flexibility index (Phi) is 2.44. The third-order valence-corrected chi connectivity index (χ3v) is 3.55. The Balaban J connectivity index is 2.05. The van der Waals surface area contributed by atoms with Gasteiger partial charge in [0.1, 0.15) is 5.75 Å². The molecule has 0 N–H and O–H groups in total. The van der Waals surface area contributed by atoms with Gasteiger partial charge in [-0.15, -0.1) is 0 Å². The van der Waals surface area contributed by atoms with Gasteiger partial charge in [0.25, 0.3) is 11.8 Å². The summed E-state index contributed by atoms with van der Waals surface area (Å²) in [5, 5.41) is 0. The molecule has 0 aromatic heterocycles. The molecule has 0 saturated heterocycles. The first-order valence-electron chi connectivity index (χ1n) is 5.93. The molecule has 0 saturated carbocycles.